The van der Waals surface area contributed by atoms with E-state index in [-0.39, 0.29) is 6.10 Å². The van der Waals surface area contributed by atoms with Gasteiger partial charge in [-0.15, -0.1) is 0 Å². The zero-order chi connectivity index (χ0) is 11.7. The Morgan fingerprint density at radius 2 is 2.29 bits per heavy atom. The number of rotatable bonds is 1. The summed E-state index contributed by atoms with van der Waals surface area (Å²) in [5, 5.41) is 10.6. The van der Waals surface area contributed by atoms with Gasteiger partial charge in [-0.2, -0.15) is 0 Å². The Bertz CT molecular complexity index is 531. The predicted molar refractivity (Wildman–Crippen MR) is 64.8 cm³/mol. The highest BCUT2D eigenvalue weighted by atomic mass is 16.3. The van der Waals surface area contributed by atoms with Crippen LogP contribution in [-0.2, 0) is 0 Å². The molecule has 2 aromatic rings. The summed E-state index contributed by atoms with van der Waals surface area (Å²) in [6, 6.07) is 1.88. The van der Waals surface area contributed by atoms with Crippen LogP contribution in [0.15, 0.2) is 24.7 Å². The van der Waals surface area contributed by atoms with Gasteiger partial charge in [0.05, 0.1) is 11.6 Å². The summed E-state index contributed by atoms with van der Waals surface area (Å²) in [6.07, 6.45) is 6.85. The van der Waals surface area contributed by atoms with Gasteiger partial charge in [0.25, 0.3) is 0 Å². The number of hydrogen-bond acceptors (Lipinski definition) is 5. The third kappa shape index (κ3) is 2.06. The van der Waals surface area contributed by atoms with Crippen molar-refractivity contribution in [3.8, 4) is 0 Å². The standard InChI is InChI=1S/C12H14N4O/c17-10-2-1-5-16(8-10)12-14-7-9-6-13-4-3-11(9)15-12/h3-4,6-7,10,17H,1-2,5,8H2/t10-/m0/s1. The van der Waals surface area contributed by atoms with E-state index in [4.69, 9.17) is 0 Å². The number of aliphatic hydroxyl groups excluding tert-OH is 1. The average molecular weight is 230 g/mol. The van der Waals surface area contributed by atoms with Crippen LogP contribution in [-0.4, -0.2) is 39.3 Å². The Labute approximate surface area is 99.1 Å². The fourth-order valence-corrected chi connectivity index (χ4v) is 2.15. The SMILES string of the molecule is O[C@H]1CCCN(c2ncc3cnccc3n2)C1. The van der Waals surface area contributed by atoms with Gasteiger partial charge < -0.3 is 10.0 Å². The zero-order valence-corrected chi connectivity index (χ0v) is 9.45. The van der Waals surface area contributed by atoms with Crippen molar-refractivity contribution in [3.05, 3.63) is 24.7 Å². The number of β-amino-alcohol motifs (C(OH)–C–C–N with tert-alkyl or cyclic N) is 1. The maximum absolute atomic E-state index is 9.65. The fraction of sp³-hybridized carbons (Fsp3) is 0.417. The monoisotopic (exact) mass is 230 g/mol. The molecule has 0 bridgehead atoms. The van der Waals surface area contributed by atoms with Crippen LogP contribution in [0.5, 0.6) is 0 Å². The maximum Gasteiger partial charge on any atom is 0.225 e. The fourth-order valence-electron chi connectivity index (χ4n) is 2.15. The van der Waals surface area contributed by atoms with Gasteiger partial charge in [-0.05, 0) is 18.9 Å². The molecule has 5 heteroatoms. The molecule has 3 heterocycles. The summed E-state index contributed by atoms with van der Waals surface area (Å²) in [7, 11) is 0. The number of fused-ring (bicyclic) bond motifs is 1. The Balaban J connectivity index is 1.94. The van der Waals surface area contributed by atoms with E-state index in [0.717, 1.165) is 30.3 Å². The lowest BCUT2D eigenvalue weighted by molar-refractivity contribution is 0.153. The highest BCUT2D eigenvalue weighted by Gasteiger charge is 2.19. The van der Waals surface area contributed by atoms with Crippen LogP contribution in [0.3, 0.4) is 0 Å². The van der Waals surface area contributed by atoms with E-state index in [9.17, 15) is 5.11 Å². The second-order valence-electron chi connectivity index (χ2n) is 4.35. The molecule has 0 amide bonds. The molecular weight excluding hydrogens is 216 g/mol. The Hall–Kier alpha value is -1.75. The van der Waals surface area contributed by atoms with E-state index < -0.39 is 0 Å². The number of pyridine rings is 1. The molecule has 3 rings (SSSR count). The highest BCUT2D eigenvalue weighted by Crippen LogP contribution is 2.18. The van der Waals surface area contributed by atoms with E-state index in [1.165, 1.54) is 0 Å². The highest BCUT2D eigenvalue weighted by molar-refractivity contribution is 5.77. The molecule has 0 unspecified atom stereocenters. The van der Waals surface area contributed by atoms with Gasteiger partial charge in [0.15, 0.2) is 0 Å². The van der Waals surface area contributed by atoms with Crippen LogP contribution >= 0.6 is 0 Å². The lowest BCUT2D eigenvalue weighted by Gasteiger charge is -2.30. The number of anilines is 1. The molecule has 0 radical (unpaired) electrons. The molecule has 1 aliphatic rings. The van der Waals surface area contributed by atoms with Crippen LogP contribution in [0.2, 0.25) is 0 Å². The van der Waals surface area contributed by atoms with Gasteiger partial charge in [-0.25, -0.2) is 9.97 Å². The number of piperidine rings is 1. The maximum atomic E-state index is 9.65. The van der Waals surface area contributed by atoms with Crippen molar-refractivity contribution in [2.75, 3.05) is 18.0 Å². The summed E-state index contributed by atoms with van der Waals surface area (Å²) in [4.78, 5) is 14.9. The molecule has 1 atom stereocenters. The molecule has 17 heavy (non-hydrogen) atoms. The second kappa shape index (κ2) is 4.25. The molecule has 88 valence electrons. The molecular formula is C12H14N4O. The molecule has 1 N–H and O–H groups in total. The first-order chi connectivity index (χ1) is 8.33. The number of nitrogens with zero attached hydrogens (tertiary/aromatic N) is 4. The van der Waals surface area contributed by atoms with Gasteiger partial charge in [0.2, 0.25) is 5.95 Å². The van der Waals surface area contributed by atoms with Gasteiger partial charge in [0, 0.05) is 37.1 Å². The summed E-state index contributed by atoms with van der Waals surface area (Å²) in [6.45, 7) is 1.53. The van der Waals surface area contributed by atoms with Crippen molar-refractivity contribution in [1.29, 1.82) is 0 Å². The largest absolute Gasteiger partial charge is 0.391 e. The minimum Gasteiger partial charge on any atom is -0.391 e. The first-order valence-electron chi connectivity index (χ1n) is 5.83. The summed E-state index contributed by atoms with van der Waals surface area (Å²) >= 11 is 0. The van der Waals surface area contributed by atoms with E-state index in [1.54, 1.807) is 18.6 Å². The minimum absolute atomic E-state index is 0.263. The van der Waals surface area contributed by atoms with Crippen LogP contribution in [0.4, 0.5) is 5.95 Å². The molecule has 1 fully saturated rings. The van der Waals surface area contributed by atoms with E-state index in [2.05, 4.69) is 15.0 Å². The number of aromatic nitrogens is 3. The van der Waals surface area contributed by atoms with E-state index >= 15 is 0 Å². The van der Waals surface area contributed by atoms with E-state index in [0.29, 0.717) is 12.5 Å². The quantitative estimate of drug-likeness (QED) is 0.791. The summed E-state index contributed by atoms with van der Waals surface area (Å²) < 4.78 is 0. The molecule has 0 spiro atoms. The van der Waals surface area contributed by atoms with Crippen molar-refractivity contribution >= 4 is 16.9 Å². The number of aliphatic hydroxyl groups is 1. The molecule has 5 nitrogen and oxygen atoms in total. The van der Waals surface area contributed by atoms with Crippen molar-refractivity contribution < 1.29 is 5.11 Å². The molecule has 2 aromatic heterocycles. The predicted octanol–water partition coefficient (Wildman–Crippen LogP) is 0.986. The molecule has 0 aliphatic carbocycles. The first kappa shape index (κ1) is 10.4. The summed E-state index contributed by atoms with van der Waals surface area (Å²) in [5.41, 5.74) is 0.894. The lowest BCUT2D eigenvalue weighted by Crippen LogP contribution is -2.39. The van der Waals surface area contributed by atoms with Crippen LogP contribution < -0.4 is 4.90 Å². The van der Waals surface area contributed by atoms with Crippen LogP contribution in [0, 0.1) is 0 Å². The molecule has 0 aromatic carbocycles. The van der Waals surface area contributed by atoms with Crippen molar-refractivity contribution in [2.45, 2.75) is 18.9 Å². The Morgan fingerprint density at radius 3 is 3.18 bits per heavy atom. The van der Waals surface area contributed by atoms with E-state index in [1.807, 2.05) is 11.0 Å². The molecule has 1 aliphatic heterocycles. The second-order valence-corrected chi connectivity index (χ2v) is 4.35. The van der Waals surface area contributed by atoms with Gasteiger partial charge >= 0.3 is 0 Å². The number of hydrogen-bond donors (Lipinski definition) is 1. The first-order valence-corrected chi connectivity index (χ1v) is 5.83. The summed E-state index contributed by atoms with van der Waals surface area (Å²) in [5.74, 6) is 0.697. The van der Waals surface area contributed by atoms with Crippen LogP contribution in [0.1, 0.15) is 12.8 Å². The normalized spacial score (nSPS) is 20.8. The average Bonchev–Trinajstić information content (AvgIpc) is 2.38. The van der Waals surface area contributed by atoms with Gasteiger partial charge in [0.1, 0.15) is 0 Å². The van der Waals surface area contributed by atoms with Crippen molar-refractivity contribution in [2.24, 2.45) is 0 Å². The van der Waals surface area contributed by atoms with Gasteiger partial charge in [-0.3, -0.25) is 4.98 Å². The van der Waals surface area contributed by atoms with Crippen molar-refractivity contribution in [1.82, 2.24) is 15.0 Å². The Morgan fingerprint density at radius 1 is 1.35 bits per heavy atom. The Kier molecular flexibility index (Phi) is 2.60. The third-order valence-corrected chi connectivity index (χ3v) is 3.05. The van der Waals surface area contributed by atoms with Gasteiger partial charge in [-0.1, -0.05) is 0 Å². The third-order valence-electron chi connectivity index (χ3n) is 3.05. The smallest absolute Gasteiger partial charge is 0.225 e. The van der Waals surface area contributed by atoms with Crippen molar-refractivity contribution in [3.63, 3.8) is 0 Å². The minimum atomic E-state index is -0.263. The molecule has 1 saturated heterocycles. The zero-order valence-electron chi connectivity index (χ0n) is 9.45. The van der Waals surface area contributed by atoms with Crippen LogP contribution in [0.25, 0.3) is 10.9 Å². The molecule has 0 saturated carbocycles. The topological polar surface area (TPSA) is 62.1 Å². The lowest BCUT2D eigenvalue weighted by atomic mass is 10.1.